The summed E-state index contributed by atoms with van der Waals surface area (Å²) in [5.41, 5.74) is 3.26. The van der Waals surface area contributed by atoms with E-state index < -0.39 is 5.97 Å². The van der Waals surface area contributed by atoms with Crippen LogP contribution in [0.4, 0.5) is 5.69 Å². The van der Waals surface area contributed by atoms with E-state index in [-0.39, 0.29) is 5.56 Å². The summed E-state index contributed by atoms with van der Waals surface area (Å²) in [6.07, 6.45) is 4.17. The van der Waals surface area contributed by atoms with Crippen LogP contribution in [0, 0.1) is 11.3 Å². The lowest BCUT2D eigenvalue weighted by Crippen LogP contribution is -2.17. The van der Waals surface area contributed by atoms with Gasteiger partial charge in [-0.15, -0.1) is 0 Å². The maximum absolute atomic E-state index is 11.0. The van der Waals surface area contributed by atoms with Crippen molar-refractivity contribution < 1.29 is 14.6 Å². The summed E-state index contributed by atoms with van der Waals surface area (Å²) >= 11 is 0. The topological polar surface area (TPSA) is 73.6 Å². The summed E-state index contributed by atoms with van der Waals surface area (Å²) in [7, 11) is 1.62. The fraction of sp³-hybridized carbons (Fsp3) is 0.238. The van der Waals surface area contributed by atoms with Gasteiger partial charge < -0.3 is 14.7 Å². The van der Waals surface area contributed by atoms with E-state index in [0.29, 0.717) is 16.9 Å². The molecule has 1 N–H and O–H groups in total. The van der Waals surface area contributed by atoms with Gasteiger partial charge in [-0.25, -0.2) is 4.79 Å². The summed E-state index contributed by atoms with van der Waals surface area (Å²) in [6, 6.07) is 14.5. The first kappa shape index (κ1) is 17.6. The van der Waals surface area contributed by atoms with Crippen molar-refractivity contribution in [1.82, 2.24) is 0 Å². The van der Waals surface area contributed by atoms with Crippen LogP contribution >= 0.6 is 0 Å². The fourth-order valence-electron chi connectivity index (χ4n) is 3.12. The molecule has 5 heteroatoms. The molecule has 1 aliphatic heterocycles. The predicted molar refractivity (Wildman–Crippen MR) is 101 cm³/mol. The maximum atomic E-state index is 11.0. The van der Waals surface area contributed by atoms with Crippen LogP contribution in [0.25, 0.3) is 11.6 Å². The van der Waals surface area contributed by atoms with Gasteiger partial charge in [0.25, 0.3) is 0 Å². The van der Waals surface area contributed by atoms with E-state index in [1.54, 1.807) is 25.3 Å². The van der Waals surface area contributed by atoms with E-state index in [9.17, 15) is 10.1 Å². The standard InChI is InChI=1S/C21H20N2O3/c1-26-20-13-19(23-10-2-3-11-23)9-8-17(20)12-18(14-22)15-4-6-16(7-5-15)21(24)25/h4-9,12-13H,2-3,10-11H2,1H3,(H,24,25). The van der Waals surface area contributed by atoms with Gasteiger partial charge >= 0.3 is 5.97 Å². The zero-order chi connectivity index (χ0) is 18.5. The van der Waals surface area contributed by atoms with Crippen molar-refractivity contribution >= 4 is 23.3 Å². The molecule has 0 atom stereocenters. The van der Waals surface area contributed by atoms with Gasteiger partial charge in [0.1, 0.15) is 5.75 Å². The average Bonchev–Trinajstić information content (AvgIpc) is 3.21. The molecular weight excluding hydrogens is 328 g/mol. The minimum absolute atomic E-state index is 0.193. The Morgan fingerprint density at radius 2 is 1.81 bits per heavy atom. The number of rotatable bonds is 5. The third-order valence-electron chi connectivity index (χ3n) is 4.55. The van der Waals surface area contributed by atoms with Crippen LogP contribution in [0.3, 0.4) is 0 Å². The van der Waals surface area contributed by atoms with Crippen LogP contribution in [0.1, 0.15) is 34.3 Å². The zero-order valence-corrected chi connectivity index (χ0v) is 14.6. The fourth-order valence-corrected chi connectivity index (χ4v) is 3.12. The van der Waals surface area contributed by atoms with Gasteiger partial charge in [0.15, 0.2) is 0 Å². The molecule has 0 bridgehead atoms. The Morgan fingerprint density at radius 3 is 2.38 bits per heavy atom. The van der Waals surface area contributed by atoms with E-state index in [0.717, 1.165) is 24.3 Å². The molecule has 0 aliphatic carbocycles. The molecular formula is C21H20N2O3. The van der Waals surface area contributed by atoms with Gasteiger partial charge in [-0.3, -0.25) is 0 Å². The lowest BCUT2D eigenvalue weighted by Gasteiger charge is -2.19. The summed E-state index contributed by atoms with van der Waals surface area (Å²) < 4.78 is 5.52. The van der Waals surface area contributed by atoms with Gasteiger partial charge in [0.2, 0.25) is 0 Å². The molecule has 0 amide bonds. The molecule has 1 fully saturated rings. The van der Waals surface area contributed by atoms with Crippen LogP contribution in [0.5, 0.6) is 5.75 Å². The van der Waals surface area contributed by atoms with Crippen LogP contribution in [0.2, 0.25) is 0 Å². The number of benzene rings is 2. The molecule has 0 spiro atoms. The normalized spacial score (nSPS) is 14.2. The Kier molecular flexibility index (Phi) is 5.23. The second kappa shape index (κ2) is 7.75. The highest BCUT2D eigenvalue weighted by Crippen LogP contribution is 2.30. The van der Waals surface area contributed by atoms with Gasteiger partial charge in [0.05, 0.1) is 24.3 Å². The number of nitriles is 1. The highest BCUT2D eigenvalue weighted by atomic mass is 16.5. The first-order chi connectivity index (χ1) is 12.6. The summed E-state index contributed by atoms with van der Waals surface area (Å²) in [4.78, 5) is 13.3. The number of nitrogens with zero attached hydrogens (tertiary/aromatic N) is 2. The third kappa shape index (κ3) is 3.70. The Labute approximate surface area is 152 Å². The SMILES string of the molecule is COc1cc(N2CCCC2)ccc1C=C(C#N)c1ccc(C(=O)O)cc1. The van der Waals surface area contributed by atoms with Gasteiger partial charge in [-0.05, 0) is 48.7 Å². The van der Waals surface area contributed by atoms with Crippen LogP contribution in [0.15, 0.2) is 42.5 Å². The van der Waals surface area contributed by atoms with E-state index in [1.807, 2.05) is 18.2 Å². The van der Waals surface area contributed by atoms with Crippen molar-refractivity contribution in [3.63, 3.8) is 0 Å². The van der Waals surface area contributed by atoms with Crippen molar-refractivity contribution in [1.29, 1.82) is 5.26 Å². The molecule has 0 radical (unpaired) electrons. The number of anilines is 1. The Bertz CT molecular complexity index is 873. The highest BCUT2D eigenvalue weighted by molar-refractivity contribution is 5.93. The molecule has 132 valence electrons. The van der Waals surface area contributed by atoms with E-state index in [4.69, 9.17) is 9.84 Å². The number of allylic oxidation sites excluding steroid dienone is 1. The molecule has 1 aliphatic rings. The molecule has 0 unspecified atom stereocenters. The number of carboxylic acid groups (broad SMARTS) is 1. The Hall–Kier alpha value is -3.26. The number of aromatic carboxylic acids is 1. The number of ether oxygens (including phenoxy) is 1. The Balaban J connectivity index is 1.93. The maximum Gasteiger partial charge on any atom is 0.335 e. The first-order valence-corrected chi connectivity index (χ1v) is 8.51. The molecule has 2 aromatic rings. The van der Waals surface area contributed by atoms with Crippen LogP contribution in [-0.4, -0.2) is 31.3 Å². The van der Waals surface area contributed by atoms with Crippen LogP contribution in [-0.2, 0) is 0 Å². The number of hydrogen-bond donors (Lipinski definition) is 1. The summed E-state index contributed by atoms with van der Waals surface area (Å²) in [5, 5.41) is 18.5. The van der Waals surface area contributed by atoms with E-state index in [2.05, 4.69) is 11.0 Å². The number of carboxylic acids is 1. The van der Waals surface area contributed by atoms with Crippen molar-refractivity contribution in [3.05, 3.63) is 59.2 Å². The number of hydrogen-bond acceptors (Lipinski definition) is 4. The quantitative estimate of drug-likeness (QED) is 0.651. The minimum atomic E-state index is -0.988. The molecule has 2 aromatic carbocycles. The number of methoxy groups -OCH3 is 1. The second-order valence-corrected chi connectivity index (χ2v) is 6.17. The van der Waals surface area contributed by atoms with Gasteiger partial charge in [-0.1, -0.05) is 12.1 Å². The predicted octanol–water partition coefficient (Wildman–Crippen LogP) is 4.06. The largest absolute Gasteiger partial charge is 0.496 e. The molecule has 0 aromatic heterocycles. The van der Waals surface area contributed by atoms with Crippen molar-refractivity contribution in [2.75, 3.05) is 25.1 Å². The van der Waals surface area contributed by atoms with Gasteiger partial charge in [-0.2, -0.15) is 5.26 Å². The smallest absolute Gasteiger partial charge is 0.335 e. The van der Waals surface area contributed by atoms with Crippen molar-refractivity contribution in [2.24, 2.45) is 0 Å². The second-order valence-electron chi connectivity index (χ2n) is 6.17. The summed E-state index contributed by atoms with van der Waals surface area (Å²) in [6.45, 7) is 2.11. The minimum Gasteiger partial charge on any atom is -0.496 e. The lowest BCUT2D eigenvalue weighted by atomic mass is 10.0. The Morgan fingerprint density at radius 1 is 1.15 bits per heavy atom. The van der Waals surface area contributed by atoms with E-state index in [1.165, 1.54) is 25.0 Å². The molecule has 5 nitrogen and oxygen atoms in total. The van der Waals surface area contributed by atoms with Crippen molar-refractivity contribution in [2.45, 2.75) is 12.8 Å². The monoisotopic (exact) mass is 348 g/mol. The molecule has 1 heterocycles. The van der Waals surface area contributed by atoms with Gasteiger partial charge in [0, 0.05) is 30.4 Å². The lowest BCUT2D eigenvalue weighted by molar-refractivity contribution is 0.0697. The third-order valence-corrected chi connectivity index (χ3v) is 4.55. The van der Waals surface area contributed by atoms with Crippen LogP contribution < -0.4 is 9.64 Å². The highest BCUT2D eigenvalue weighted by Gasteiger charge is 2.14. The van der Waals surface area contributed by atoms with E-state index >= 15 is 0 Å². The summed E-state index contributed by atoms with van der Waals surface area (Å²) in [5.74, 6) is -0.275. The zero-order valence-electron chi connectivity index (χ0n) is 14.6. The molecule has 1 saturated heterocycles. The number of carbonyl (C=O) groups is 1. The first-order valence-electron chi connectivity index (χ1n) is 8.51. The molecule has 0 saturated carbocycles. The average molecular weight is 348 g/mol. The van der Waals surface area contributed by atoms with Crippen molar-refractivity contribution in [3.8, 4) is 11.8 Å². The molecule has 26 heavy (non-hydrogen) atoms. The molecule has 3 rings (SSSR count).